The van der Waals surface area contributed by atoms with Gasteiger partial charge in [-0.2, -0.15) is 0 Å². The van der Waals surface area contributed by atoms with Gasteiger partial charge in [0, 0.05) is 18.3 Å². The predicted molar refractivity (Wildman–Crippen MR) is 78.3 cm³/mol. The molecule has 0 radical (unpaired) electrons. The van der Waals surface area contributed by atoms with Gasteiger partial charge in [-0.1, -0.05) is 6.92 Å². The normalized spacial score (nSPS) is 15.4. The van der Waals surface area contributed by atoms with E-state index in [-0.39, 0.29) is 5.75 Å². The predicted octanol–water partition coefficient (Wildman–Crippen LogP) is 2.03. The summed E-state index contributed by atoms with van der Waals surface area (Å²) in [6.45, 7) is 3.61. The van der Waals surface area contributed by atoms with Crippen LogP contribution in [0.2, 0.25) is 0 Å². The first kappa shape index (κ1) is 14.3. The van der Waals surface area contributed by atoms with E-state index >= 15 is 0 Å². The van der Waals surface area contributed by atoms with Gasteiger partial charge in [-0.3, -0.25) is 0 Å². The molecule has 2 rings (SSSR count). The maximum atomic E-state index is 11.7. The lowest BCUT2D eigenvalue weighted by Crippen LogP contribution is -2.19. The molecule has 0 aliphatic heterocycles. The Morgan fingerprint density at radius 1 is 1.16 bits per heavy atom. The van der Waals surface area contributed by atoms with Crippen molar-refractivity contribution in [2.45, 2.75) is 37.1 Å². The summed E-state index contributed by atoms with van der Waals surface area (Å²) in [5.74, 6) is 0.145. The number of rotatable bonds is 8. The molecule has 2 N–H and O–H groups in total. The molecule has 0 unspecified atom stereocenters. The van der Waals surface area contributed by atoms with Crippen LogP contribution in [0.25, 0.3) is 0 Å². The molecule has 0 bridgehead atoms. The summed E-state index contributed by atoms with van der Waals surface area (Å²) in [5, 5.41) is 6.76. The van der Waals surface area contributed by atoms with Gasteiger partial charge in [0.05, 0.1) is 10.6 Å². The SMILES string of the molecule is CCS(=O)(=O)c1ccc(NCCCNC2CC2)cc1. The number of hydrogen-bond acceptors (Lipinski definition) is 4. The van der Waals surface area contributed by atoms with E-state index in [9.17, 15) is 8.42 Å². The van der Waals surface area contributed by atoms with Crippen molar-refractivity contribution >= 4 is 15.5 Å². The molecule has 4 nitrogen and oxygen atoms in total. The molecule has 1 fully saturated rings. The summed E-state index contributed by atoms with van der Waals surface area (Å²) in [4.78, 5) is 0.399. The first-order chi connectivity index (χ1) is 9.12. The van der Waals surface area contributed by atoms with E-state index in [0.29, 0.717) is 4.90 Å². The van der Waals surface area contributed by atoms with E-state index < -0.39 is 9.84 Å². The summed E-state index contributed by atoms with van der Waals surface area (Å²) < 4.78 is 23.3. The zero-order chi connectivity index (χ0) is 13.7. The highest BCUT2D eigenvalue weighted by molar-refractivity contribution is 7.91. The Bertz CT molecular complexity index is 493. The minimum atomic E-state index is -3.08. The monoisotopic (exact) mass is 282 g/mol. The summed E-state index contributed by atoms with van der Waals surface area (Å²) in [5.41, 5.74) is 0.974. The minimum absolute atomic E-state index is 0.145. The van der Waals surface area contributed by atoms with Crippen LogP contribution in [0, 0.1) is 0 Å². The van der Waals surface area contributed by atoms with Gasteiger partial charge in [-0.25, -0.2) is 8.42 Å². The molecule has 1 aliphatic carbocycles. The van der Waals surface area contributed by atoms with Crippen molar-refractivity contribution in [3.8, 4) is 0 Å². The van der Waals surface area contributed by atoms with Crippen LogP contribution in [0.15, 0.2) is 29.2 Å². The van der Waals surface area contributed by atoms with Gasteiger partial charge in [0.25, 0.3) is 0 Å². The van der Waals surface area contributed by atoms with E-state index in [1.807, 2.05) is 12.1 Å². The maximum Gasteiger partial charge on any atom is 0.178 e. The van der Waals surface area contributed by atoms with Crippen molar-refractivity contribution in [3.05, 3.63) is 24.3 Å². The molecule has 1 aromatic carbocycles. The third kappa shape index (κ3) is 4.51. The number of nitrogens with one attached hydrogen (secondary N) is 2. The van der Waals surface area contributed by atoms with Gasteiger partial charge in [-0.05, 0) is 50.1 Å². The van der Waals surface area contributed by atoms with E-state index in [0.717, 1.165) is 31.2 Å². The van der Waals surface area contributed by atoms with Gasteiger partial charge >= 0.3 is 0 Å². The van der Waals surface area contributed by atoms with Crippen LogP contribution < -0.4 is 10.6 Å². The maximum absolute atomic E-state index is 11.7. The Hall–Kier alpha value is -1.07. The fourth-order valence-corrected chi connectivity index (χ4v) is 2.75. The molecule has 0 aromatic heterocycles. The highest BCUT2D eigenvalue weighted by Gasteiger charge is 2.19. The van der Waals surface area contributed by atoms with Gasteiger partial charge < -0.3 is 10.6 Å². The molecule has 1 aliphatic rings. The van der Waals surface area contributed by atoms with Gasteiger partial charge in [0.1, 0.15) is 0 Å². The van der Waals surface area contributed by atoms with Crippen LogP contribution in [0.5, 0.6) is 0 Å². The zero-order valence-corrected chi connectivity index (χ0v) is 12.2. The van der Waals surface area contributed by atoms with E-state index in [4.69, 9.17) is 0 Å². The Morgan fingerprint density at radius 2 is 1.84 bits per heavy atom. The summed E-state index contributed by atoms with van der Waals surface area (Å²) in [7, 11) is -3.08. The van der Waals surface area contributed by atoms with E-state index in [2.05, 4.69) is 10.6 Å². The molecule has 1 aromatic rings. The molecule has 106 valence electrons. The zero-order valence-electron chi connectivity index (χ0n) is 11.4. The van der Waals surface area contributed by atoms with Crippen molar-refractivity contribution in [1.29, 1.82) is 0 Å². The molecule has 0 amide bonds. The van der Waals surface area contributed by atoms with Crippen molar-refractivity contribution in [1.82, 2.24) is 5.32 Å². The molecule has 0 heterocycles. The highest BCUT2D eigenvalue weighted by atomic mass is 32.2. The van der Waals surface area contributed by atoms with Crippen molar-refractivity contribution in [2.24, 2.45) is 0 Å². The Balaban J connectivity index is 1.74. The standard InChI is InChI=1S/C14H22N2O2S/c1-2-19(17,18)14-8-6-13(7-9-14)16-11-3-10-15-12-4-5-12/h6-9,12,15-16H,2-5,10-11H2,1H3. The Labute approximate surface area is 115 Å². The summed E-state index contributed by atoms with van der Waals surface area (Å²) in [6, 6.07) is 7.76. The molecular formula is C14H22N2O2S. The first-order valence-electron chi connectivity index (χ1n) is 6.92. The van der Waals surface area contributed by atoms with Crippen LogP contribution in [0.4, 0.5) is 5.69 Å². The molecular weight excluding hydrogens is 260 g/mol. The third-order valence-corrected chi connectivity index (χ3v) is 5.04. The molecule has 0 spiro atoms. The van der Waals surface area contributed by atoms with Crippen LogP contribution in [0.1, 0.15) is 26.2 Å². The quantitative estimate of drug-likeness (QED) is 0.716. The molecule has 0 atom stereocenters. The van der Waals surface area contributed by atoms with E-state index in [1.54, 1.807) is 19.1 Å². The average Bonchev–Trinajstić information content (AvgIpc) is 3.23. The number of sulfone groups is 1. The Kier molecular flexibility index (Phi) is 4.82. The van der Waals surface area contributed by atoms with Crippen molar-refractivity contribution in [2.75, 3.05) is 24.2 Å². The molecule has 5 heteroatoms. The molecule has 1 saturated carbocycles. The number of benzene rings is 1. The second kappa shape index (κ2) is 6.39. The fourth-order valence-electron chi connectivity index (χ4n) is 1.86. The second-order valence-corrected chi connectivity index (χ2v) is 7.21. The first-order valence-corrected chi connectivity index (χ1v) is 8.57. The smallest absolute Gasteiger partial charge is 0.178 e. The van der Waals surface area contributed by atoms with Gasteiger partial charge in [0.2, 0.25) is 0 Å². The lowest BCUT2D eigenvalue weighted by atomic mass is 10.3. The van der Waals surface area contributed by atoms with Crippen LogP contribution >= 0.6 is 0 Å². The van der Waals surface area contributed by atoms with E-state index in [1.165, 1.54) is 12.8 Å². The highest BCUT2D eigenvalue weighted by Crippen LogP contribution is 2.18. The topological polar surface area (TPSA) is 58.2 Å². The molecule has 0 saturated heterocycles. The fraction of sp³-hybridized carbons (Fsp3) is 0.571. The summed E-state index contributed by atoms with van der Waals surface area (Å²) in [6.07, 6.45) is 3.72. The van der Waals surface area contributed by atoms with Crippen LogP contribution in [-0.2, 0) is 9.84 Å². The van der Waals surface area contributed by atoms with Gasteiger partial charge in [0.15, 0.2) is 9.84 Å². The molecule has 19 heavy (non-hydrogen) atoms. The number of anilines is 1. The minimum Gasteiger partial charge on any atom is -0.385 e. The summed E-state index contributed by atoms with van der Waals surface area (Å²) >= 11 is 0. The van der Waals surface area contributed by atoms with Crippen LogP contribution in [0.3, 0.4) is 0 Å². The average molecular weight is 282 g/mol. The van der Waals surface area contributed by atoms with Crippen LogP contribution in [-0.4, -0.2) is 33.3 Å². The lowest BCUT2D eigenvalue weighted by Gasteiger charge is -2.08. The Morgan fingerprint density at radius 3 is 2.42 bits per heavy atom. The largest absolute Gasteiger partial charge is 0.385 e. The van der Waals surface area contributed by atoms with Crippen molar-refractivity contribution < 1.29 is 8.42 Å². The number of hydrogen-bond donors (Lipinski definition) is 2. The third-order valence-electron chi connectivity index (χ3n) is 3.29. The second-order valence-electron chi connectivity index (χ2n) is 4.94. The van der Waals surface area contributed by atoms with Crippen molar-refractivity contribution in [3.63, 3.8) is 0 Å². The lowest BCUT2D eigenvalue weighted by molar-refractivity contribution is 0.597. The van der Waals surface area contributed by atoms with Gasteiger partial charge in [-0.15, -0.1) is 0 Å².